The molecule has 0 saturated heterocycles. The molecule has 0 fully saturated rings. The van der Waals surface area contributed by atoms with E-state index in [1.54, 1.807) is 16.8 Å². The van der Waals surface area contributed by atoms with Crippen molar-refractivity contribution in [2.45, 2.75) is 35.1 Å². The lowest BCUT2D eigenvalue weighted by Gasteiger charge is -2.28. The van der Waals surface area contributed by atoms with E-state index >= 15 is 4.39 Å². The fraction of sp³-hybridized carbons (Fsp3) is 0.241. The van der Waals surface area contributed by atoms with Crippen LogP contribution in [0.25, 0.3) is 5.69 Å². The van der Waals surface area contributed by atoms with Gasteiger partial charge in [-0.2, -0.15) is 8.42 Å². The second-order valence-corrected chi connectivity index (χ2v) is 15.0. The van der Waals surface area contributed by atoms with E-state index in [4.69, 9.17) is 26.0 Å². The average Bonchev–Trinajstić information content (AvgIpc) is 3.40. The number of nitrogens with two attached hydrogens (primary N) is 1. The Balaban J connectivity index is 1.69. The maximum atomic E-state index is 15.1. The molecular weight excluding hydrogens is 686 g/mol. The minimum absolute atomic E-state index is 0.0250. The summed E-state index contributed by atoms with van der Waals surface area (Å²) in [6.07, 6.45) is 1.59. The number of sulfonamides is 1. The number of imidazole rings is 1. The first-order valence-electron chi connectivity index (χ1n) is 13.3. The largest absolute Gasteiger partial charge is 0.494 e. The zero-order valence-corrected chi connectivity index (χ0v) is 27.8. The maximum absolute atomic E-state index is 15.1. The number of hydrogen-bond acceptors (Lipinski definition) is 8. The third kappa shape index (κ3) is 8.05. The molecule has 0 aliphatic heterocycles. The van der Waals surface area contributed by atoms with Crippen molar-refractivity contribution in [2.75, 3.05) is 19.4 Å². The molecule has 0 radical (unpaired) electrons. The Hall–Kier alpha value is -3.54. The summed E-state index contributed by atoms with van der Waals surface area (Å²) in [5.41, 5.74) is 1.03. The lowest BCUT2D eigenvalue weighted by Crippen LogP contribution is -2.29. The van der Waals surface area contributed by atoms with Crippen LogP contribution in [0.4, 0.5) is 8.78 Å². The maximum Gasteiger partial charge on any atom is 0.266 e. The van der Waals surface area contributed by atoms with E-state index in [9.17, 15) is 26.0 Å². The third-order valence-electron chi connectivity index (χ3n) is 7.04. The van der Waals surface area contributed by atoms with Crippen molar-refractivity contribution in [3.8, 4) is 11.4 Å². The molecule has 0 bridgehead atoms. The summed E-state index contributed by atoms with van der Waals surface area (Å²) in [6, 6.07) is 12.4. The number of aromatic nitrogens is 2. The number of nitrogens with one attached hydrogen (secondary N) is 1. The first-order valence-corrected chi connectivity index (χ1v) is 17.8. The van der Waals surface area contributed by atoms with Gasteiger partial charge in [-0.25, -0.2) is 27.3 Å². The van der Waals surface area contributed by atoms with Crippen molar-refractivity contribution in [2.24, 2.45) is 5.14 Å². The fourth-order valence-electron chi connectivity index (χ4n) is 4.53. The van der Waals surface area contributed by atoms with Gasteiger partial charge in [-0.3, -0.25) is 13.9 Å². The van der Waals surface area contributed by atoms with Crippen molar-refractivity contribution in [1.29, 1.82) is 0 Å². The Morgan fingerprint density at radius 1 is 1.09 bits per heavy atom. The van der Waals surface area contributed by atoms with Gasteiger partial charge in [-0.05, 0) is 47.5 Å². The fourth-order valence-corrected chi connectivity index (χ4v) is 6.96. The zero-order chi connectivity index (χ0) is 34.0. The van der Waals surface area contributed by atoms with Crippen molar-refractivity contribution >= 4 is 49.4 Å². The number of methoxy groups -OCH3 is 1. The highest BCUT2D eigenvalue weighted by Crippen LogP contribution is 2.39. The molecule has 46 heavy (non-hydrogen) atoms. The van der Waals surface area contributed by atoms with Crippen LogP contribution < -0.4 is 15.2 Å². The summed E-state index contributed by atoms with van der Waals surface area (Å²) in [4.78, 5) is 16.6. The molecule has 1 amide bonds. The van der Waals surface area contributed by atoms with Crippen molar-refractivity contribution in [1.82, 2.24) is 14.9 Å². The highest BCUT2D eigenvalue weighted by atomic mass is 35.5. The van der Waals surface area contributed by atoms with Crippen LogP contribution in [0.3, 0.4) is 0 Å². The summed E-state index contributed by atoms with van der Waals surface area (Å²) in [5.74, 6) is -2.64. The number of rotatable bonds is 12. The van der Waals surface area contributed by atoms with Crippen LogP contribution in [0.1, 0.15) is 41.0 Å². The highest BCUT2D eigenvalue weighted by molar-refractivity contribution is 7.98. The molecule has 1 heterocycles. The molecule has 0 aliphatic carbocycles. The van der Waals surface area contributed by atoms with Gasteiger partial charge in [0.25, 0.3) is 16.0 Å². The number of thioether (sulfide) groups is 1. The normalized spacial score (nSPS) is 12.3. The van der Waals surface area contributed by atoms with Gasteiger partial charge in [0.05, 0.1) is 35.5 Å². The van der Waals surface area contributed by atoms with Crippen LogP contribution in [0.2, 0.25) is 5.02 Å². The predicted octanol–water partition coefficient (Wildman–Crippen LogP) is 4.70. The van der Waals surface area contributed by atoms with Gasteiger partial charge in [0, 0.05) is 29.3 Å². The van der Waals surface area contributed by atoms with E-state index in [1.165, 1.54) is 49.6 Å². The smallest absolute Gasteiger partial charge is 0.266 e. The second kappa shape index (κ2) is 13.7. The molecule has 4 rings (SSSR count). The van der Waals surface area contributed by atoms with Gasteiger partial charge < -0.3 is 10.1 Å². The van der Waals surface area contributed by atoms with E-state index in [1.807, 2.05) is 13.8 Å². The molecule has 0 unspecified atom stereocenters. The lowest BCUT2D eigenvalue weighted by atomic mass is 9.81. The van der Waals surface area contributed by atoms with E-state index in [2.05, 4.69) is 10.3 Å². The molecule has 246 valence electrons. The van der Waals surface area contributed by atoms with Gasteiger partial charge in [0.1, 0.15) is 10.7 Å². The SMILES string of the molecule is COc1cc(-n2c(C(C)(C)c3ccc(S(N)(=O)=O)c(Cl)c3)cnc2SCc2ccc(C(=O)NCCS(=O)(=O)O)cc2F)ccc1F. The van der Waals surface area contributed by atoms with E-state index in [-0.39, 0.29) is 39.1 Å². The molecule has 17 heteroatoms. The zero-order valence-electron chi connectivity index (χ0n) is 24.6. The Morgan fingerprint density at radius 2 is 1.80 bits per heavy atom. The number of benzene rings is 3. The van der Waals surface area contributed by atoms with Gasteiger partial charge in [0.15, 0.2) is 16.7 Å². The Kier molecular flexibility index (Phi) is 10.5. The quantitative estimate of drug-likeness (QED) is 0.139. The number of carbonyl (C=O) groups is 1. The van der Waals surface area contributed by atoms with E-state index in [0.717, 1.165) is 17.8 Å². The number of halogens is 3. The van der Waals surface area contributed by atoms with Gasteiger partial charge in [-0.15, -0.1) is 0 Å². The van der Waals surface area contributed by atoms with Crippen LogP contribution in [0.5, 0.6) is 5.75 Å². The minimum Gasteiger partial charge on any atom is -0.494 e. The van der Waals surface area contributed by atoms with Crippen LogP contribution >= 0.6 is 23.4 Å². The monoisotopic (exact) mass is 714 g/mol. The molecule has 4 N–H and O–H groups in total. The number of ether oxygens (including phenoxy) is 1. The van der Waals surface area contributed by atoms with Crippen LogP contribution in [0.15, 0.2) is 70.8 Å². The second-order valence-electron chi connectivity index (χ2n) is 10.5. The molecule has 0 atom stereocenters. The molecule has 3 aromatic carbocycles. The molecular formula is C29H29ClF2N4O7S3. The van der Waals surface area contributed by atoms with Crippen molar-refractivity contribution in [3.05, 3.63) is 99.8 Å². The number of hydrogen-bond donors (Lipinski definition) is 3. The number of nitrogens with zero attached hydrogens (tertiary/aromatic N) is 2. The standard InChI is InChI=1S/C29H29ClF2N4O7S3/c1-29(2,19-6-9-25(21(30)13-19)46(33,41)42)26-15-35-28(36(26)20-7-8-22(31)24(14-20)43-3)44-16-18-5-4-17(12-23(18)32)27(37)34-10-11-45(38,39)40/h4-9,12-15H,10-11,16H2,1-3H3,(H,34,37)(H2,33,41,42)(H,38,39,40). The van der Waals surface area contributed by atoms with Gasteiger partial charge in [0.2, 0.25) is 10.0 Å². The summed E-state index contributed by atoms with van der Waals surface area (Å²) >= 11 is 7.45. The topological polar surface area (TPSA) is 171 Å². The molecule has 0 spiro atoms. The van der Waals surface area contributed by atoms with Crippen LogP contribution in [-0.2, 0) is 31.3 Å². The molecule has 11 nitrogen and oxygen atoms in total. The molecule has 0 saturated carbocycles. The number of primary sulfonamides is 1. The van der Waals surface area contributed by atoms with Gasteiger partial charge >= 0.3 is 0 Å². The summed E-state index contributed by atoms with van der Waals surface area (Å²) in [5, 5.41) is 7.90. The van der Waals surface area contributed by atoms with Crippen molar-refractivity contribution < 1.29 is 39.7 Å². The average molecular weight is 715 g/mol. The molecule has 0 aliphatic rings. The number of amides is 1. The van der Waals surface area contributed by atoms with Gasteiger partial charge in [-0.1, -0.05) is 49.3 Å². The molecule has 4 aromatic rings. The highest BCUT2D eigenvalue weighted by Gasteiger charge is 2.31. The van der Waals surface area contributed by atoms with E-state index in [0.29, 0.717) is 22.1 Å². The summed E-state index contributed by atoms with van der Waals surface area (Å²) in [7, 11) is -7.00. The van der Waals surface area contributed by atoms with Crippen molar-refractivity contribution in [3.63, 3.8) is 0 Å². The first-order chi connectivity index (χ1) is 21.4. The van der Waals surface area contributed by atoms with E-state index < -0.39 is 48.9 Å². The summed E-state index contributed by atoms with van der Waals surface area (Å²) in [6.45, 7) is 3.36. The predicted molar refractivity (Wildman–Crippen MR) is 170 cm³/mol. The molecule has 1 aromatic heterocycles. The Morgan fingerprint density at radius 3 is 2.41 bits per heavy atom. The first kappa shape index (κ1) is 35.3. The lowest BCUT2D eigenvalue weighted by molar-refractivity contribution is 0.0955. The Bertz CT molecular complexity index is 2020. The summed E-state index contributed by atoms with van der Waals surface area (Å²) < 4.78 is 90.8. The minimum atomic E-state index is -4.27. The third-order valence-corrected chi connectivity index (χ3v) is 10.2. The van der Waals surface area contributed by atoms with Crippen LogP contribution in [0, 0.1) is 11.6 Å². The van der Waals surface area contributed by atoms with Crippen LogP contribution in [-0.4, -0.2) is 56.3 Å². The number of carbonyl (C=O) groups excluding carboxylic acids is 1. The Labute approximate surface area is 273 Å².